The summed E-state index contributed by atoms with van der Waals surface area (Å²) in [5.74, 6) is 0.971. The Morgan fingerprint density at radius 3 is 2.67 bits per heavy atom. The van der Waals surface area contributed by atoms with Crippen molar-refractivity contribution in [3.05, 3.63) is 53.0 Å². The number of piperidine rings is 1. The molecule has 8 heteroatoms. The zero-order valence-corrected chi connectivity index (χ0v) is 21.9. The third-order valence-electron chi connectivity index (χ3n) is 7.74. The van der Waals surface area contributed by atoms with E-state index in [1.807, 2.05) is 27.2 Å². The molecule has 0 bridgehead atoms. The minimum absolute atomic E-state index is 0.0813. The van der Waals surface area contributed by atoms with Crippen LogP contribution in [0.1, 0.15) is 60.8 Å². The smallest absolute Gasteiger partial charge is 0.236 e. The number of aromatic nitrogens is 4. The van der Waals surface area contributed by atoms with Gasteiger partial charge in [-0.15, -0.1) is 0 Å². The number of likely N-dealkylation sites (N-methyl/N-ethyl adjacent to an activating group) is 1. The number of pyridine rings is 1. The van der Waals surface area contributed by atoms with E-state index in [4.69, 9.17) is 0 Å². The van der Waals surface area contributed by atoms with Crippen molar-refractivity contribution in [3.8, 4) is 11.3 Å². The molecule has 0 spiro atoms. The monoisotopic (exact) mass is 488 g/mol. The number of nitrogens with one attached hydrogen (secondary N) is 1. The first-order valence-electron chi connectivity index (χ1n) is 12.8. The second-order valence-electron chi connectivity index (χ2n) is 10.5. The van der Waals surface area contributed by atoms with Crippen LogP contribution in [0.25, 0.3) is 27.8 Å². The molecule has 1 aromatic carbocycles. The molecule has 1 aliphatic heterocycles. The molecule has 1 aliphatic rings. The summed E-state index contributed by atoms with van der Waals surface area (Å²) in [4.78, 5) is 24.1. The molecule has 8 nitrogen and oxygen atoms in total. The molecule has 4 aromatic rings. The normalized spacial score (nSPS) is 15.4. The van der Waals surface area contributed by atoms with E-state index in [2.05, 4.69) is 52.0 Å². The summed E-state index contributed by atoms with van der Waals surface area (Å²) >= 11 is 0. The number of benzene rings is 1. The van der Waals surface area contributed by atoms with E-state index >= 15 is 0 Å². The Morgan fingerprint density at radius 2 is 2.00 bits per heavy atom. The lowest BCUT2D eigenvalue weighted by Crippen LogP contribution is -2.40. The van der Waals surface area contributed by atoms with Crippen LogP contribution in [0.15, 0.2) is 30.7 Å². The number of carbonyl (C=O) groups is 1. The molecular formula is C28H36N6O2. The van der Waals surface area contributed by atoms with Gasteiger partial charge in [0.15, 0.2) is 5.65 Å². The van der Waals surface area contributed by atoms with Gasteiger partial charge in [0.1, 0.15) is 6.33 Å². The van der Waals surface area contributed by atoms with Gasteiger partial charge < -0.3 is 15.0 Å². The van der Waals surface area contributed by atoms with Gasteiger partial charge in [0.05, 0.1) is 18.8 Å². The average Bonchev–Trinajstić information content (AvgIpc) is 3.48. The van der Waals surface area contributed by atoms with Gasteiger partial charge in [0, 0.05) is 42.3 Å². The second kappa shape index (κ2) is 9.67. The Hall–Kier alpha value is -3.23. The number of aliphatic hydroxyl groups excluding tert-OH is 1. The maximum atomic E-state index is 12.1. The molecule has 1 fully saturated rings. The number of amides is 1. The summed E-state index contributed by atoms with van der Waals surface area (Å²) < 4.78 is 1.75. The van der Waals surface area contributed by atoms with E-state index in [0.717, 1.165) is 53.8 Å². The van der Waals surface area contributed by atoms with Crippen LogP contribution in [-0.4, -0.2) is 74.1 Å². The number of hydrogen-bond donors (Lipinski definition) is 2. The first-order chi connectivity index (χ1) is 17.3. The van der Waals surface area contributed by atoms with Gasteiger partial charge in [0.25, 0.3) is 0 Å². The molecule has 0 unspecified atom stereocenters. The van der Waals surface area contributed by atoms with Gasteiger partial charge in [-0.3, -0.25) is 9.69 Å². The summed E-state index contributed by atoms with van der Waals surface area (Å²) in [5.41, 5.74) is 8.42. The van der Waals surface area contributed by atoms with Crippen molar-refractivity contribution in [1.82, 2.24) is 29.4 Å². The molecule has 0 atom stereocenters. The lowest BCUT2D eigenvalue weighted by atomic mass is 9.87. The number of likely N-dealkylation sites (tertiary alicyclic amines) is 1. The van der Waals surface area contributed by atoms with Gasteiger partial charge in [-0.05, 0) is 73.5 Å². The largest absolute Gasteiger partial charge is 0.392 e. The Kier molecular flexibility index (Phi) is 6.57. The van der Waals surface area contributed by atoms with Crippen LogP contribution in [-0.2, 0) is 11.4 Å². The van der Waals surface area contributed by atoms with Crippen molar-refractivity contribution >= 4 is 22.5 Å². The first kappa shape index (κ1) is 24.5. The van der Waals surface area contributed by atoms with E-state index in [-0.39, 0.29) is 12.5 Å². The molecule has 1 amide bonds. The molecule has 1 saturated heterocycles. The fourth-order valence-electron chi connectivity index (χ4n) is 5.60. The van der Waals surface area contributed by atoms with E-state index in [9.17, 15) is 9.90 Å². The zero-order chi connectivity index (χ0) is 25.6. The molecule has 5 rings (SSSR count). The lowest BCUT2D eigenvalue weighted by molar-refractivity contribution is -0.130. The highest BCUT2D eigenvalue weighted by Gasteiger charge is 2.25. The maximum absolute atomic E-state index is 12.1. The average molecular weight is 489 g/mol. The van der Waals surface area contributed by atoms with Crippen LogP contribution in [0, 0.1) is 6.92 Å². The van der Waals surface area contributed by atoms with Crippen molar-refractivity contribution in [1.29, 1.82) is 0 Å². The first-order valence-corrected chi connectivity index (χ1v) is 12.8. The van der Waals surface area contributed by atoms with Crippen molar-refractivity contribution in [2.75, 3.05) is 33.7 Å². The van der Waals surface area contributed by atoms with Crippen molar-refractivity contribution < 1.29 is 9.90 Å². The van der Waals surface area contributed by atoms with E-state index in [1.54, 1.807) is 9.42 Å². The highest BCUT2D eigenvalue weighted by molar-refractivity contribution is 5.92. The van der Waals surface area contributed by atoms with Crippen LogP contribution in [0.2, 0.25) is 0 Å². The Labute approximate surface area is 211 Å². The quantitative estimate of drug-likeness (QED) is 0.427. The molecule has 36 heavy (non-hydrogen) atoms. The van der Waals surface area contributed by atoms with E-state index in [1.165, 1.54) is 22.8 Å². The fourth-order valence-corrected chi connectivity index (χ4v) is 5.60. The van der Waals surface area contributed by atoms with Gasteiger partial charge in [0.2, 0.25) is 5.91 Å². The number of H-pyrrole nitrogens is 1. The number of hydrogen-bond acceptors (Lipinski definition) is 5. The van der Waals surface area contributed by atoms with Gasteiger partial charge in [-0.25, -0.2) is 9.50 Å². The van der Waals surface area contributed by atoms with Crippen molar-refractivity contribution in [2.24, 2.45) is 0 Å². The summed E-state index contributed by atoms with van der Waals surface area (Å²) in [6, 6.07) is 6.83. The summed E-state index contributed by atoms with van der Waals surface area (Å²) in [5, 5.41) is 15.7. The summed E-state index contributed by atoms with van der Waals surface area (Å²) in [7, 11) is 3.63. The lowest BCUT2D eigenvalue weighted by Gasteiger charge is -2.32. The molecule has 2 N–H and O–H groups in total. The molecule has 0 saturated carbocycles. The van der Waals surface area contributed by atoms with Crippen LogP contribution in [0.3, 0.4) is 0 Å². The Morgan fingerprint density at radius 1 is 1.25 bits per heavy atom. The van der Waals surface area contributed by atoms with E-state index in [0.29, 0.717) is 24.0 Å². The molecule has 0 aliphatic carbocycles. The van der Waals surface area contributed by atoms with Crippen molar-refractivity contribution in [3.63, 3.8) is 0 Å². The molecule has 3 aromatic heterocycles. The Balaban J connectivity index is 1.50. The number of aliphatic hydroxyl groups is 1. The number of aromatic amines is 1. The van der Waals surface area contributed by atoms with Crippen molar-refractivity contribution in [2.45, 2.75) is 52.1 Å². The summed E-state index contributed by atoms with van der Waals surface area (Å²) in [6.45, 7) is 8.82. The van der Waals surface area contributed by atoms with Gasteiger partial charge in [-0.1, -0.05) is 19.9 Å². The minimum atomic E-state index is -0.0813. The standard InChI is InChI=1S/C28H36N6O2/c1-17(2)26-21-12-20(19-8-10-33(11-9-19)14-25(36)32(4)5)6-7-24(21)31-27(26)22-13-34-28(29-16-30-34)23(15-35)18(22)3/h6-7,12-13,16-17,19,31,35H,8-11,14-15H2,1-5H3. The molecule has 0 radical (unpaired) electrons. The van der Waals surface area contributed by atoms with Crippen LogP contribution < -0.4 is 0 Å². The topological polar surface area (TPSA) is 89.8 Å². The predicted molar refractivity (Wildman–Crippen MR) is 142 cm³/mol. The van der Waals surface area contributed by atoms with Crippen LogP contribution in [0.4, 0.5) is 0 Å². The SMILES string of the molecule is Cc1c(-c2[nH]c3ccc(C4CCN(CC(=O)N(C)C)CC4)cc3c2C(C)C)cn2ncnc2c1CO. The summed E-state index contributed by atoms with van der Waals surface area (Å²) in [6.07, 6.45) is 5.66. The van der Waals surface area contributed by atoms with Gasteiger partial charge >= 0.3 is 0 Å². The highest BCUT2D eigenvalue weighted by Crippen LogP contribution is 2.40. The fraction of sp³-hybridized carbons (Fsp3) is 0.464. The molecule has 4 heterocycles. The maximum Gasteiger partial charge on any atom is 0.236 e. The second-order valence-corrected chi connectivity index (χ2v) is 10.5. The number of rotatable bonds is 6. The minimum Gasteiger partial charge on any atom is -0.392 e. The zero-order valence-electron chi connectivity index (χ0n) is 21.9. The molecule has 190 valence electrons. The predicted octanol–water partition coefficient (Wildman–Crippen LogP) is 4.07. The third kappa shape index (κ3) is 4.29. The third-order valence-corrected chi connectivity index (χ3v) is 7.74. The van der Waals surface area contributed by atoms with Gasteiger partial charge in [-0.2, -0.15) is 5.10 Å². The van der Waals surface area contributed by atoms with E-state index < -0.39 is 0 Å². The number of carbonyl (C=O) groups excluding carboxylic acids is 1. The number of nitrogens with zero attached hydrogens (tertiary/aromatic N) is 5. The highest BCUT2D eigenvalue weighted by atomic mass is 16.3. The Bertz CT molecular complexity index is 1410. The molecular weight excluding hydrogens is 452 g/mol. The number of fused-ring (bicyclic) bond motifs is 2. The van der Waals surface area contributed by atoms with Crippen LogP contribution in [0.5, 0.6) is 0 Å². The van der Waals surface area contributed by atoms with Crippen LogP contribution >= 0.6 is 0 Å².